The lowest BCUT2D eigenvalue weighted by Gasteiger charge is -2.39. The summed E-state index contributed by atoms with van der Waals surface area (Å²) in [5.74, 6) is 0.682. The molecule has 2 saturated heterocycles. The lowest BCUT2D eigenvalue weighted by Crippen LogP contribution is -2.49. The quantitative estimate of drug-likeness (QED) is 0.764. The van der Waals surface area contributed by atoms with Gasteiger partial charge in [0.1, 0.15) is 0 Å². The molecule has 0 amide bonds. The number of hydrogen-bond acceptors (Lipinski definition) is 3. The molecule has 88 valence electrons. The van der Waals surface area contributed by atoms with Crippen LogP contribution < -0.4 is 5.73 Å². The number of rotatable bonds is 3. The van der Waals surface area contributed by atoms with Crippen molar-refractivity contribution in [3.8, 4) is 0 Å². The first-order valence-electron chi connectivity index (χ1n) is 6.43. The predicted molar refractivity (Wildman–Crippen MR) is 61.8 cm³/mol. The van der Waals surface area contributed by atoms with Gasteiger partial charge in [-0.3, -0.25) is 4.90 Å². The smallest absolute Gasteiger partial charge is 0.0509 e. The molecule has 0 saturated carbocycles. The van der Waals surface area contributed by atoms with Gasteiger partial charge in [-0.05, 0) is 44.7 Å². The van der Waals surface area contributed by atoms with E-state index in [1.54, 1.807) is 0 Å². The zero-order valence-electron chi connectivity index (χ0n) is 9.66. The molecule has 0 spiro atoms. The first-order chi connectivity index (χ1) is 7.42. The van der Waals surface area contributed by atoms with E-state index in [4.69, 9.17) is 10.5 Å². The number of hydrogen-bond donors (Lipinski definition) is 1. The Hall–Kier alpha value is -0.120. The van der Waals surface area contributed by atoms with Gasteiger partial charge >= 0.3 is 0 Å². The van der Waals surface area contributed by atoms with Crippen molar-refractivity contribution in [3.05, 3.63) is 0 Å². The van der Waals surface area contributed by atoms with Crippen molar-refractivity contribution in [2.24, 2.45) is 11.7 Å². The van der Waals surface area contributed by atoms with Crippen molar-refractivity contribution in [1.82, 2.24) is 4.90 Å². The maximum absolute atomic E-state index is 5.94. The summed E-state index contributed by atoms with van der Waals surface area (Å²) in [7, 11) is 0. The molecule has 0 aliphatic carbocycles. The molecule has 2 heterocycles. The Bertz CT molecular complexity index is 156. The minimum absolute atomic E-state index is 0.575. The molecule has 2 atom stereocenters. The molecule has 3 nitrogen and oxygen atoms in total. The van der Waals surface area contributed by atoms with Gasteiger partial charge in [0, 0.05) is 19.2 Å². The third-order valence-electron chi connectivity index (χ3n) is 3.84. The summed E-state index contributed by atoms with van der Waals surface area (Å²) in [6, 6.07) is 0.575. The largest absolute Gasteiger partial charge is 0.381 e. The summed E-state index contributed by atoms with van der Waals surface area (Å²) in [6.07, 6.45) is 6.62. The van der Waals surface area contributed by atoms with Crippen LogP contribution in [0.3, 0.4) is 0 Å². The Labute approximate surface area is 93.0 Å². The molecule has 2 rings (SSSR count). The van der Waals surface area contributed by atoms with E-state index >= 15 is 0 Å². The number of nitrogens with two attached hydrogens (primary N) is 1. The Morgan fingerprint density at radius 3 is 2.60 bits per heavy atom. The average molecular weight is 212 g/mol. The predicted octanol–water partition coefficient (Wildman–Crippen LogP) is 1.23. The topological polar surface area (TPSA) is 38.5 Å². The Morgan fingerprint density at radius 2 is 2.00 bits per heavy atom. The fourth-order valence-electron chi connectivity index (χ4n) is 2.96. The van der Waals surface area contributed by atoms with Gasteiger partial charge in [0.25, 0.3) is 0 Å². The molecule has 2 aliphatic heterocycles. The van der Waals surface area contributed by atoms with Crippen LogP contribution in [-0.4, -0.2) is 43.8 Å². The highest BCUT2D eigenvalue weighted by molar-refractivity contribution is 4.83. The van der Waals surface area contributed by atoms with Crippen molar-refractivity contribution in [2.45, 2.75) is 38.1 Å². The van der Waals surface area contributed by atoms with E-state index in [1.807, 2.05) is 0 Å². The van der Waals surface area contributed by atoms with Gasteiger partial charge in [-0.25, -0.2) is 0 Å². The molecule has 2 aliphatic rings. The van der Waals surface area contributed by atoms with Gasteiger partial charge < -0.3 is 10.5 Å². The number of likely N-dealkylation sites (tertiary alicyclic amines) is 1. The molecule has 0 aromatic heterocycles. The van der Waals surface area contributed by atoms with E-state index < -0.39 is 0 Å². The van der Waals surface area contributed by atoms with E-state index in [1.165, 1.54) is 45.2 Å². The van der Waals surface area contributed by atoms with Gasteiger partial charge in [0.15, 0.2) is 0 Å². The van der Waals surface area contributed by atoms with Gasteiger partial charge in [-0.2, -0.15) is 0 Å². The van der Waals surface area contributed by atoms with Gasteiger partial charge in [0.05, 0.1) is 6.61 Å². The van der Waals surface area contributed by atoms with Gasteiger partial charge in [-0.1, -0.05) is 6.42 Å². The van der Waals surface area contributed by atoms with Crippen molar-refractivity contribution in [3.63, 3.8) is 0 Å². The fraction of sp³-hybridized carbons (Fsp3) is 1.00. The van der Waals surface area contributed by atoms with Crippen LogP contribution in [0.25, 0.3) is 0 Å². The first kappa shape index (κ1) is 11.4. The maximum atomic E-state index is 5.94. The molecule has 2 fully saturated rings. The minimum atomic E-state index is 0.575. The van der Waals surface area contributed by atoms with Crippen LogP contribution in [-0.2, 0) is 4.74 Å². The van der Waals surface area contributed by atoms with Crippen molar-refractivity contribution in [2.75, 3.05) is 32.8 Å². The highest BCUT2D eigenvalue weighted by Crippen LogP contribution is 2.23. The summed E-state index contributed by atoms with van der Waals surface area (Å²) >= 11 is 0. The van der Waals surface area contributed by atoms with Gasteiger partial charge in [-0.15, -0.1) is 0 Å². The Kier molecular flexibility index (Phi) is 4.42. The third-order valence-corrected chi connectivity index (χ3v) is 3.84. The van der Waals surface area contributed by atoms with Crippen LogP contribution in [0.2, 0.25) is 0 Å². The summed E-state index contributed by atoms with van der Waals surface area (Å²) in [5, 5.41) is 0. The molecule has 2 N–H and O–H groups in total. The fourth-order valence-corrected chi connectivity index (χ4v) is 2.96. The first-order valence-corrected chi connectivity index (χ1v) is 6.43. The number of piperidine rings is 1. The summed E-state index contributed by atoms with van der Waals surface area (Å²) in [5.41, 5.74) is 5.94. The SMILES string of the molecule is NCC(C1CCCOC1)N1CCCCC1. The third kappa shape index (κ3) is 2.92. The van der Waals surface area contributed by atoms with E-state index in [-0.39, 0.29) is 0 Å². The molecule has 0 radical (unpaired) electrons. The maximum Gasteiger partial charge on any atom is 0.0509 e. The van der Waals surface area contributed by atoms with E-state index in [2.05, 4.69) is 4.90 Å². The molecular formula is C12H24N2O. The second kappa shape index (κ2) is 5.83. The van der Waals surface area contributed by atoms with Crippen LogP contribution >= 0.6 is 0 Å². The molecule has 2 unspecified atom stereocenters. The van der Waals surface area contributed by atoms with E-state index in [0.717, 1.165) is 19.8 Å². The summed E-state index contributed by atoms with van der Waals surface area (Å²) in [4.78, 5) is 2.60. The minimum Gasteiger partial charge on any atom is -0.381 e. The Morgan fingerprint density at radius 1 is 1.20 bits per heavy atom. The molecule has 0 aromatic carbocycles. The van der Waals surface area contributed by atoms with E-state index in [0.29, 0.717) is 12.0 Å². The second-order valence-corrected chi connectivity index (χ2v) is 4.88. The lowest BCUT2D eigenvalue weighted by molar-refractivity contribution is 0.00655. The highest BCUT2D eigenvalue weighted by atomic mass is 16.5. The van der Waals surface area contributed by atoms with Gasteiger partial charge in [0.2, 0.25) is 0 Å². The molecular weight excluding hydrogens is 188 g/mol. The molecule has 15 heavy (non-hydrogen) atoms. The molecule has 3 heteroatoms. The highest BCUT2D eigenvalue weighted by Gasteiger charge is 2.28. The van der Waals surface area contributed by atoms with Crippen LogP contribution in [0.15, 0.2) is 0 Å². The van der Waals surface area contributed by atoms with Crippen molar-refractivity contribution in [1.29, 1.82) is 0 Å². The normalized spacial score (nSPS) is 31.4. The zero-order chi connectivity index (χ0) is 10.5. The van der Waals surface area contributed by atoms with Crippen LogP contribution in [0.1, 0.15) is 32.1 Å². The number of nitrogens with zero attached hydrogens (tertiary/aromatic N) is 1. The van der Waals surface area contributed by atoms with Crippen LogP contribution in [0.5, 0.6) is 0 Å². The summed E-state index contributed by atoms with van der Waals surface area (Å²) in [6.45, 7) is 5.18. The van der Waals surface area contributed by atoms with E-state index in [9.17, 15) is 0 Å². The Balaban J connectivity index is 1.88. The average Bonchev–Trinajstić information content (AvgIpc) is 2.33. The van der Waals surface area contributed by atoms with Crippen molar-refractivity contribution >= 4 is 0 Å². The van der Waals surface area contributed by atoms with Crippen LogP contribution in [0.4, 0.5) is 0 Å². The second-order valence-electron chi connectivity index (χ2n) is 4.88. The standard InChI is InChI=1S/C12H24N2O/c13-9-12(11-5-4-8-15-10-11)14-6-2-1-3-7-14/h11-12H,1-10,13H2. The molecule has 0 aromatic rings. The van der Waals surface area contributed by atoms with Crippen LogP contribution in [0, 0.1) is 5.92 Å². The van der Waals surface area contributed by atoms with Crippen molar-refractivity contribution < 1.29 is 4.74 Å². The monoisotopic (exact) mass is 212 g/mol. The summed E-state index contributed by atoms with van der Waals surface area (Å²) < 4.78 is 5.57. The lowest BCUT2D eigenvalue weighted by atomic mass is 9.91. The zero-order valence-corrected chi connectivity index (χ0v) is 9.66. The molecule has 0 bridgehead atoms. The number of ether oxygens (including phenoxy) is 1.